The third-order valence-electron chi connectivity index (χ3n) is 4.81. The molecule has 30 heavy (non-hydrogen) atoms. The maximum absolute atomic E-state index is 12.1. The maximum Gasteiger partial charge on any atom is 0.267 e. The van der Waals surface area contributed by atoms with Crippen LogP contribution >= 0.6 is 0 Å². The van der Waals surface area contributed by atoms with E-state index in [1.165, 1.54) is 11.8 Å². The van der Waals surface area contributed by atoms with Crippen LogP contribution in [0.3, 0.4) is 0 Å². The fourth-order valence-electron chi connectivity index (χ4n) is 3.21. The third-order valence-corrected chi connectivity index (χ3v) is 4.81. The van der Waals surface area contributed by atoms with Gasteiger partial charge in [-0.15, -0.1) is 0 Å². The van der Waals surface area contributed by atoms with Gasteiger partial charge >= 0.3 is 0 Å². The van der Waals surface area contributed by atoms with Crippen molar-refractivity contribution in [3.8, 4) is 23.1 Å². The number of anilines is 1. The molecule has 1 aliphatic heterocycles. The van der Waals surface area contributed by atoms with Crippen LogP contribution in [-0.4, -0.2) is 56.0 Å². The summed E-state index contributed by atoms with van der Waals surface area (Å²) in [4.78, 5) is 37.6. The number of fused-ring (bicyclic) bond motifs is 1. The van der Waals surface area contributed by atoms with Crippen molar-refractivity contribution in [1.29, 1.82) is 0 Å². The van der Waals surface area contributed by atoms with Crippen LogP contribution in [0.5, 0.6) is 0 Å². The number of carbonyl (C=O) groups is 2. The summed E-state index contributed by atoms with van der Waals surface area (Å²) in [5.41, 5.74) is 1.11. The molecule has 0 aliphatic carbocycles. The molecule has 1 atom stereocenters. The van der Waals surface area contributed by atoms with Crippen molar-refractivity contribution < 1.29 is 16.1 Å². The van der Waals surface area contributed by atoms with E-state index in [2.05, 4.69) is 32.1 Å². The van der Waals surface area contributed by atoms with Gasteiger partial charge in [0.15, 0.2) is 5.82 Å². The lowest BCUT2D eigenvalue weighted by Gasteiger charge is -2.13. The summed E-state index contributed by atoms with van der Waals surface area (Å²) in [6, 6.07) is 10.7. The summed E-state index contributed by atoms with van der Waals surface area (Å²) >= 11 is 0. The van der Waals surface area contributed by atoms with Crippen LogP contribution < -0.4 is 5.32 Å². The molecule has 3 heterocycles. The van der Waals surface area contributed by atoms with Gasteiger partial charge in [0.2, 0.25) is 11.5 Å². The molecule has 4 rings (SSSR count). The lowest BCUT2D eigenvalue weighted by atomic mass is 10.0. The number of hydrogen-bond acceptors (Lipinski definition) is 6. The van der Waals surface area contributed by atoms with Crippen LogP contribution in [0.15, 0.2) is 42.7 Å². The molecule has 2 aromatic heterocycles. The second-order valence-electron chi connectivity index (χ2n) is 7.09. The molecule has 1 aromatic carbocycles. The van der Waals surface area contributed by atoms with Crippen molar-refractivity contribution in [3.63, 3.8) is 0 Å². The van der Waals surface area contributed by atoms with Crippen molar-refractivity contribution >= 4 is 28.7 Å². The Balaban J connectivity index is 1.71. The molecular weight excluding hydrogens is 382 g/mol. The standard InChI is InChI=1S/C22H19N5O3/c1-14(28)25-20-19-18(23-13-24-20)7-6-17(26-19)16-5-3-4-15(12-16)8-9-22(30)10-11-27(2)21(22)29/h3-7,12-13,30H,10-11H2,1-2H3,(H,23,24,25,28)/t22-/m0/s1/i13D. The van der Waals surface area contributed by atoms with Crippen molar-refractivity contribution in [1.82, 2.24) is 19.9 Å². The lowest BCUT2D eigenvalue weighted by molar-refractivity contribution is -0.137. The van der Waals surface area contributed by atoms with Gasteiger partial charge < -0.3 is 15.3 Å². The van der Waals surface area contributed by atoms with Crippen LogP contribution in [0.25, 0.3) is 22.3 Å². The highest BCUT2D eigenvalue weighted by Crippen LogP contribution is 2.25. The second kappa shape index (κ2) is 7.54. The zero-order chi connectivity index (χ0) is 22.2. The minimum absolute atomic E-state index is 0.173. The summed E-state index contributed by atoms with van der Waals surface area (Å²) in [5.74, 6) is 5.04. The average molecular weight is 402 g/mol. The first kappa shape index (κ1) is 18.2. The van der Waals surface area contributed by atoms with Gasteiger partial charge in [0.1, 0.15) is 13.2 Å². The molecule has 2 amide bonds. The van der Waals surface area contributed by atoms with Crippen molar-refractivity contribution in [2.24, 2.45) is 0 Å². The van der Waals surface area contributed by atoms with Gasteiger partial charge in [-0.05, 0) is 24.3 Å². The summed E-state index contributed by atoms with van der Waals surface area (Å²) in [6.07, 6.45) is 0.0543. The van der Waals surface area contributed by atoms with Gasteiger partial charge in [0.25, 0.3) is 5.91 Å². The van der Waals surface area contributed by atoms with E-state index in [1.807, 2.05) is 6.07 Å². The SMILES string of the molecule is [2H]c1nc(NC(C)=O)c2nc(-c3cccc(C#C[C@]4(O)CCN(C)C4=O)c3)ccc2n1. The first-order valence-electron chi connectivity index (χ1n) is 9.80. The number of nitrogens with one attached hydrogen (secondary N) is 1. The fraction of sp³-hybridized carbons (Fsp3) is 0.227. The molecule has 8 nitrogen and oxygen atoms in total. The maximum atomic E-state index is 12.1. The van der Waals surface area contributed by atoms with Crippen molar-refractivity contribution in [2.45, 2.75) is 18.9 Å². The number of likely N-dealkylation sites (N-methyl/N-ethyl adjacent to an activating group) is 1. The van der Waals surface area contributed by atoms with Crippen LogP contribution in [-0.2, 0) is 9.59 Å². The van der Waals surface area contributed by atoms with E-state index in [-0.39, 0.29) is 24.4 Å². The zero-order valence-corrected chi connectivity index (χ0v) is 16.4. The summed E-state index contributed by atoms with van der Waals surface area (Å²) in [5, 5.41) is 13.1. The molecule has 3 aromatic rings. The highest BCUT2D eigenvalue weighted by molar-refractivity contribution is 5.96. The molecule has 0 bridgehead atoms. The Morgan fingerprint density at radius 2 is 2.17 bits per heavy atom. The zero-order valence-electron chi connectivity index (χ0n) is 17.4. The number of pyridine rings is 1. The minimum atomic E-state index is -1.66. The largest absolute Gasteiger partial charge is 0.369 e. The first-order valence-corrected chi connectivity index (χ1v) is 9.30. The summed E-state index contributed by atoms with van der Waals surface area (Å²) < 4.78 is 7.70. The van der Waals surface area contributed by atoms with Crippen molar-refractivity contribution in [2.75, 3.05) is 18.9 Å². The Hall–Kier alpha value is -3.83. The van der Waals surface area contributed by atoms with E-state index < -0.39 is 11.5 Å². The number of likely N-dealkylation sites (tertiary alicyclic amines) is 1. The topological polar surface area (TPSA) is 108 Å². The lowest BCUT2D eigenvalue weighted by Crippen LogP contribution is -2.37. The van der Waals surface area contributed by atoms with Crippen molar-refractivity contribution in [3.05, 3.63) is 48.3 Å². The van der Waals surface area contributed by atoms with Crippen LogP contribution in [0.4, 0.5) is 5.82 Å². The van der Waals surface area contributed by atoms with E-state index in [4.69, 9.17) is 1.37 Å². The van der Waals surface area contributed by atoms with E-state index in [1.54, 1.807) is 37.4 Å². The van der Waals surface area contributed by atoms with Gasteiger partial charge in [-0.2, -0.15) is 0 Å². The van der Waals surface area contributed by atoms with Crippen LogP contribution in [0.1, 0.15) is 20.3 Å². The predicted molar refractivity (Wildman–Crippen MR) is 111 cm³/mol. The fourth-order valence-corrected chi connectivity index (χ4v) is 3.21. The predicted octanol–water partition coefficient (Wildman–Crippen LogP) is 1.59. The van der Waals surface area contributed by atoms with Crippen LogP contribution in [0.2, 0.25) is 0 Å². The van der Waals surface area contributed by atoms with E-state index in [0.29, 0.717) is 28.8 Å². The molecule has 150 valence electrons. The number of hydrogen-bond donors (Lipinski definition) is 2. The molecule has 0 saturated carbocycles. The van der Waals surface area contributed by atoms with E-state index in [0.717, 1.165) is 5.56 Å². The number of nitrogens with zero attached hydrogens (tertiary/aromatic N) is 4. The Bertz CT molecular complexity index is 1280. The highest BCUT2D eigenvalue weighted by atomic mass is 16.3. The monoisotopic (exact) mass is 402 g/mol. The van der Waals surface area contributed by atoms with Gasteiger partial charge in [0, 0.05) is 38.1 Å². The minimum Gasteiger partial charge on any atom is -0.369 e. The second-order valence-corrected chi connectivity index (χ2v) is 7.09. The van der Waals surface area contributed by atoms with E-state index >= 15 is 0 Å². The molecule has 1 aliphatic rings. The normalized spacial score (nSPS) is 18.7. The first-order chi connectivity index (χ1) is 14.7. The average Bonchev–Trinajstić information content (AvgIpc) is 3.00. The molecular formula is C22H19N5O3. The van der Waals surface area contributed by atoms with Gasteiger partial charge in [-0.3, -0.25) is 9.59 Å². The molecule has 0 unspecified atom stereocenters. The van der Waals surface area contributed by atoms with Gasteiger partial charge in [-0.1, -0.05) is 24.0 Å². The van der Waals surface area contributed by atoms with Gasteiger partial charge in [0.05, 0.1) is 11.2 Å². The Morgan fingerprint density at radius 1 is 1.33 bits per heavy atom. The third kappa shape index (κ3) is 3.71. The summed E-state index contributed by atoms with van der Waals surface area (Å²) in [7, 11) is 1.64. The highest BCUT2D eigenvalue weighted by Gasteiger charge is 2.42. The smallest absolute Gasteiger partial charge is 0.267 e. The van der Waals surface area contributed by atoms with E-state index in [9.17, 15) is 14.7 Å². The molecule has 2 N–H and O–H groups in total. The number of aliphatic hydroxyl groups is 1. The molecule has 0 radical (unpaired) electrons. The number of amides is 2. The molecule has 1 fully saturated rings. The van der Waals surface area contributed by atoms with Crippen LogP contribution in [0, 0.1) is 11.8 Å². The summed E-state index contributed by atoms with van der Waals surface area (Å²) in [6.45, 7) is 1.81. The number of aromatic nitrogens is 3. The molecule has 1 saturated heterocycles. The van der Waals surface area contributed by atoms with Gasteiger partial charge in [-0.25, -0.2) is 15.0 Å². The Labute approximate surface area is 174 Å². The molecule has 8 heteroatoms. The quantitative estimate of drug-likeness (QED) is 0.631. The molecule has 0 spiro atoms. The Morgan fingerprint density at radius 3 is 2.90 bits per heavy atom. The Kier molecular flexibility index (Phi) is 4.58. The number of rotatable bonds is 2. The number of benzene rings is 1. The number of carbonyl (C=O) groups excluding carboxylic acids is 2.